The van der Waals surface area contributed by atoms with E-state index in [0.717, 1.165) is 30.8 Å². The number of piperidine rings is 1. The average Bonchev–Trinajstić information content (AvgIpc) is 3.03. The maximum atomic E-state index is 12.4. The molecule has 6 nitrogen and oxygen atoms in total. The average molecular weight is 372 g/mol. The van der Waals surface area contributed by atoms with Gasteiger partial charge in [0.2, 0.25) is 5.91 Å². The molecule has 2 aromatic rings. The van der Waals surface area contributed by atoms with E-state index in [9.17, 15) is 9.59 Å². The molecule has 0 aliphatic carbocycles. The first-order valence-corrected chi connectivity index (χ1v) is 9.74. The molecule has 1 saturated heterocycles. The summed E-state index contributed by atoms with van der Waals surface area (Å²) in [5, 5.41) is 7.80. The van der Waals surface area contributed by atoms with E-state index in [4.69, 9.17) is 0 Å². The van der Waals surface area contributed by atoms with Gasteiger partial charge in [0.15, 0.2) is 5.13 Å². The van der Waals surface area contributed by atoms with E-state index in [0.29, 0.717) is 16.7 Å². The van der Waals surface area contributed by atoms with Crippen LogP contribution in [0.5, 0.6) is 0 Å². The Morgan fingerprint density at radius 3 is 2.77 bits per heavy atom. The Morgan fingerprint density at radius 2 is 2.04 bits per heavy atom. The highest BCUT2D eigenvalue weighted by Crippen LogP contribution is 2.19. The number of carbonyl (C=O) groups excluding carboxylic acids is 2. The molecule has 1 fully saturated rings. The van der Waals surface area contributed by atoms with Gasteiger partial charge in [-0.3, -0.25) is 10.1 Å². The van der Waals surface area contributed by atoms with Gasteiger partial charge in [0, 0.05) is 24.2 Å². The van der Waals surface area contributed by atoms with Crippen molar-refractivity contribution in [3.63, 3.8) is 0 Å². The third-order valence-corrected chi connectivity index (χ3v) is 5.23. The third-order valence-electron chi connectivity index (χ3n) is 4.42. The summed E-state index contributed by atoms with van der Waals surface area (Å²) < 4.78 is 0. The molecule has 7 heteroatoms. The van der Waals surface area contributed by atoms with Gasteiger partial charge in [0.05, 0.1) is 12.1 Å². The second kappa shape index (κ2) is 8.31. The lowest BCUT2D eigenvalue weighted by Crippen LogP contribution is -2.39. The number of aryl methyl sites for hydroxylation is 1. The first-order chi connectivity index (χ1) is 12.5. The van der Waals surface area contributed by atoms with Crippen LogP contribution < -0.4 is 10.6 Å². The molecule has 2 heterocycles. The zero-order valence-corrected chi connectivity index (χ0v) is 15.9. The van der Waals surface area contributed by atoms with Crippen LogP contribution >= 0.6 is 11.3 Å². The Bertz CT molecular complexity index is 772. The summed E-state index contributed by atoms with van der Waals surface area (Å²) in [6.45, 7) is 5.83. The Hall–Kier alpha value is -2.41. The zero-order chi connectivity index (χ0) is 18.5. The molecule has 2 N–H and O–H groups in total. The smallest absolute Gasteiger partial charge is 0.325 e. The van der Waals surface area contributed by atoms with Gasteiger partial charge in [0.1, 0.15) is 0 Å². The van der Waals surface area contributed by atoms with E-state index in [1.807, 2.05) is 41.5 Å². The van der Waals surface area contributed by atoms with E-state index < -0.39 is 0 Å². The Kier molecular flexibility index (Phi) is 5.88. The quantitative estimate of drug-likeness (QED) is 0.855. The van der Waals surface area contributed by atoms with Gasteiger partial charge in [0.25, 0.3) is 0 Å². The van der Waals surface area contributed by atoms with E-state index in [1.54, 1.807) is 0 Å². The van der Waals surface area contributed by atoms with E-state index in [1.165, 1.54) is 17.8 Å². The number of nitrogens with one attached hydrogen (secondary N) is 2. The fraction of sp³-hybridized carbons (Fsp3) is 0.421. The molecule has 3 amide bonds. The number of hydrogen-bond acceptors (Lipinski definition) is 4. The van der Waals surface area contributed by atoms with Crippen LogP contribution in [0.2, 0.25) is 0 Å². The molecular weight excluding hydrogens is 348 g/mol. The zero-order valence-electron chi connectivity index (χ0n) is 15.1. The van der Waals surface area contributed by atoms with Crippen molar-refractivity contribution in [1.29, 1.82) is 0 Å². The van der Waals surface area contributed by atoms with Crippen molar-refractivity contribution in [2.45, 2.75) is 33.1 Å². The lowest BCUT2D eigenvalue weighted by molar-refractivity contribution is -0.132. The van der Waals surface area contributed by atoms with Gasteiger partial charge in [-0.25, -0.2) is 9.78 Å². The summed E-state index contributed by atoms with van der Waals surface area (Å²) in [6, 6.07) is 7.22. The molecule has 1 atom stereocenters. The molecule has 0 radical (unpaired) electrons. The maximum Gasteiger partial charge on any atom is 0.325 e. The second-order valence-corrected chi connectivity index (χ2v) is 7.71. The first-order valence-electron chi connectivity index (χ1n) is 8.86. The fourth-order valence-corrected chi connectivity index (χ4v) is 3.73. The van der Waals surface area contributed by atoms with Gasteiger partial charge >= 0.3 is 6.03 Å². The number of thiazole rings is 1. The predicted molar refractivity (Wildman–Crippen MR) is 105 cm³/mol. The summed E-state index contributed by atoms with van der Waals surface area (Å²) in [5.74, 6) is 0.670. The molecule has 138 valence electrons. The number of aromatic nitrogens is 1. The van der Waals surface area contributed by atoms with Crippen molar-refractivity contribution in [3.05, 3.63) is 40.9 Å². The lowest BCUT2D eigenvalue weighted by atomic mass is 10.00. The van der Waals surface area contributed by atoms with Crippen molar-refractivity contribution >= 4 is 34.1 Å². The summed E-state index contributed by atoms with van der Waals surface area (Å²) in [7, 11) is 0. The topological polar surface area (TPSA) is 74.3 Å². The minimum Gasteiger partial charge on any atom is -0.342 e. The molecule has 0 unspecified atom stereocenters. The number of nitrogens with zero attached hydrogens (tertiary/aromatic N) is 2. The highest BCUT2D eigenvalue weighted by atomic mass is 32.1. The van der Waals surface area contributed by atoms with Gasteiger partial charge in [-0.2, -0.15) is 0 Å². The first kappa shape index (κ1) is 18.4. The number of likely N-dealkylation sites (tertiary alicyclic amines) is 1. The fourth-order valence-electron chi connectivity index (χ4n) is 3.02. The van der Waals surface area contributed by atoms with Crippen molar-refractivity contribution in [3.8, 4) is 0 Å². The SMILES string of the molecule is Cc1ccc(NC(=O)Nc2nc(CC(=O)N3CCC[C@@H](C)C3)cs2)cc1. The largest absolute Gasteiger partial charge is 0.342 e. The molecule has 3 rings (SSSR count). The summed E-state index contributed by atoms with van der Waals surface area (Å²) in [6.07, 6.45) is 2.53. The second-order valence-electron chi connectivity index (χ2n) is 6.85. The van der Waals surface area contributed by atoms with Crippen LogP contribution in [0.4, 0.5) is 15.6 Å². The molecule has 1 aromatic heterocycles. The standard InChI is InChI=1S/C19H24N4O2S/c1-13-5-7-15(8-6-13)20-18(25)22-19-21-16(12-26-19)10-17(24)23-9-3-4-14(2)11-23/h5-8,12,14H,3-4,9-11H2,1-2H3,(H2,20,21,22,25)/t14-/m1/s1. The molecule has 1 aliphatic heterocycles. The summed E-state index contributed by atoms with van der Waals surface area (Å²) in [4.78, 5) is 30.7. The van der Waals surface area contributed by atoms with Gasteiger partial charge in [-0.1, -0.05) is 24.6 Å². The Labute approximate surface area is 157 Å². The number of urea groups is 1. The van der Waals surface area contributed by atoms with Crippen LogP contribution in [0, 0.1) is 12.8 Å². The number of carbonyl (C=O) groups is 2. The summed E-state index contributed by atoms with van der Waals surface area (Å²) in [5.41, 5.74) is 2.55. The monoisotopic (exact) mass is 372 g/mol. The number of amides is 3. The third kappa shape index (κ3) is 5.05. The van der Waals surface area contributed by atoms with Crippen molar-refractivity contribution < 1.29 is 9.59 Å². The van der Waals surface area contributed by atoms with Crippen molar-refractivity contribution in [2.75, 3.05) is 23.7 Å². The van der Waals surface area contributed by atoms with Crippen molar-refractivity contribution in [1.82, 2.24) is 9.88 Å². The minimum absolute atomic E-state index is 0.109. The highest BCUT2D eigenvalue weighted by Gasteiger charge is 2.21. The number of hydrogen-bond donors (Lipinski definition) is 2. The van der Waals surface area contributed by atoms with E-state index >= 15 is 0 Å². The molecule has 26 heavy (non-hydrogen) atoms. The Morgan fingerprint density at radius 1 is 1.27 bits per heavy atom. The number of benzene rings is 1. The number of anilines is 2. The van der Waals surface area contributed by atoms with Gasteiger partial charge < -0.3 is 10.2 Å². The van der Waals surface area contributed by atoms with E-state index in [2.05, 4.69) is 22.5 Å². The van der Waals surface area contributed by atoms with Crippen LogP contribution in [0.25, 0.3) is 0 Å². The highest BCUT2D eigenvalue weighted by molar-refractivity contribution is 7.14. The lowest BCUT2D eigenvalue weighted by Gasteiger charge is -2.30. The molecule has 1 aromatic carbocycles. The summed E-state index contributed by atoms with van der Waals surface area (Å²) >= 11 is 1.33. The number of rotatable bonds is 4. The molecule has 1 aliphatic rings. The Balaban J connectivity index is 1.51. The predicted octanol–water partition coefficient (Wildman–Crippen LogP) is 3.90. The van der Waals surface area contributed by atoms with Gasteiger partial charge in [-0.15, -0.1) is 11.3 Å². The van der Waals surface area contributed by atoms with Crippen LogP contribution in [-0.4, -0.2) is 34.9 Å². The normalized spacial score (nSPS) is 17.0. The maximum absolute atomic E-state index is 12.4. The van der Waals surface area contributed by atoms with Gasteiger partial charge in [-0.05, 0) is 37.8 Å². The van der Waals surface area contributed by atoms with Crippen LogP contribution in [0.1, 0.15) is 31.0 Å². The van der Waals surface area contributed by atoms with Crippen LogP contribution in [0.3, 0.4) is 0 Å². The minimum atomic E-state index is -0.342. The molecular formula is C19H24N4O2S. The van der Waals surface area contributed by atoms with Crippen molar-refractivity contribution in [2.24, 2.45) is 5.92 Å². The van der Waals surface area contributed by atoms with Crippen LogP contribution in [0.15, 0.2) is 29.6 Å². The molecule has 0 saturated carbocycles. The molecule has 0 bridgehead atoms. The molecule has 0 spiro atoms. The van der Waals surface area contributed by atoms with E-state index in [-0.39, 0.29) is 18.4 Å². The van der Waals surface area contributed by atoms with Crippen LogP contribution in [-0.2, 0) is 11.2 Å².